The molecule has 3 rings (SSSR count). The average Bonchev–Trinajstić information content (AvgIpc) is 3.38. The molecule has 208 valence electrons. The molecule has 2 atom stereocenters. The first-order valence-corrected chi connectivity index (χ1v) is 13.4. The lowest BCUT2D eigenvalue weighted by atomic mass is 9.90. The van der Waals surface area contributed by atoms with Gasteiger partial charge in [-0.25, -0.2) is 0 Å². The lowest BCUT2D eigenvalue weighted by Gasteiger charge is -2.30. The van der Waals surface area contributed by atoms with Gasteiger partial charge >= 0.3 is 6.36 Å². The maximum absolute atomic E-state index is 13.4. The fourth-order valence-corrected chi connectivity index (χ4v) is 4.97. The Labute approximate surface area is 217 Å². The first-order chi connectivity index (χ1) is 17.6. The van der Waals surface area contributed by atoms with Crippen LogP contribution in [0.2, 0.25) is 0 Å². The zero-order valence-electron chi connectivity index (χ0n) is 21.8. The Morgan fingerprint density at radius 3 is 2.35 bits per heavy atom. The molecule has 0 spiro atoms. The molecule has 1 aliphatic carbocycles. The first-order valence-electron chi connectivity index (χ1n) is 13.4. The van der Waals surface area contributed by atoms with Crippen molar-refractivity contribution in [2.75, 3.05) is 38.2 Å². The Bertz CT molecular complexity index is 851. The van der Waals surface area contributed by atoms with E-state index in [-0.39, 0.29) is 35.9 Å². The van der Waals surface area contributed by atoms with Gasteiger partial charge in [-0.3, -0.25) is 9.59 Å². The van der Waals surface area contributed by atoms with Gasteiger partial charge in [0.2, 0.25) is 11.8 Å². The van der Waals surface area contributed by atoms with Gasteiger partial charge in [0.15, 0.2) is 0 Å². The number of hydrogen-bond acceptors (Lipinski definition) is 5. The summed E-state index contributed by atoms with van der Waals surface area (Å²) in [6, 6.07) is 5.28. The summed E-state index contributed by atoms with van der Waals surface area (Å²) in [5, 5.41) is 6.33. The van der Waals surface area contributed by atoms with E-state index < -0.39 is 12.3 Å². The lowest BCUT2D eigenvalue weighted by molar-refractivity contribution is -0.274. The highest BCUT2D eigenvalue weighted by Gasteiger charge is 2.31. The van der Waals surface area contributed by atoms with Crippen molar-refractivity contribution in [2.45, 2.75) is 71.2 Å². The lowest BCUT2D eigenvalue weighted by Crippen LogP contribution is -2.47. The number of anilines is 1. The zero-order valence-corrected chi connectivity index (χ0v) is 21.8. The average molecular weight is 528 g/mol. The second kappa shape index (κ2) is 13.9. The van der Waals surface area contributed by atoms with Gasteiger partial charge in [0.1, 0.15) is 5.75 Å². The van der Waals surface area contributed by atoms with Crippen molar-refractivity contribution in [2.24, 2.45) is 17.8 Å². The summed E-state index contributed by atoms with van der Waals surface area (Å²) >= 11 is 0. The molecule has 1 aliphatic heterocycles. The van der Waals surface area contributed by atoms with E-state index >= 15 is 0 Å². The van der Waals surface area contributed by atoms with Crippen LogP contribution in [0.25, 0.3) is 0 Å². The largest absolute Gasteiger partial charge is 0.573 e. The highest BCUT2D eigenvalue weighted by Crippen LogP contribution is 2.31. The van der Waals surface area contributed by atoms with E-state index in [0.717, 1.165) is 6.42 Å². The molecule has 10 heteroatoms. The molecule has 37 heavy (non-hydrogen) atoms. The number of rotatable bonds is 12. The molecular formula is C27H40F3N3O4. The molecule has 2 fully saturated rings. The normalized spacial score (nSPS) is 18.5. The number of morpholine rings is 1. The maximum Gasteiger partial charge on any atom is 0.573 e. The minimum Gasteiger partial charge on any atom is -0.406 e. The molecule has 2 aliphatic rings. The Morgan fingerprint density at radius 2 is 1.76 bits per heavy atom. The summed E-state index contributed by atoms with van der Waals surface area (Å²) in [7, 11) is 0. The molecule has 2 unspecified atom stereocenters. The van der Waals surface area contributed by atoms with Gasteiger partial charge in [-0.15, -0.1) is 13.2 Å². The van der Waals surface area contributed by atoms with E-state index in [0.29, 0.717) is 50.9 Å². The molecule has 2 amide bonds. The predicted octanol–water partition coefficient (Wildman–Crippen LogP) is 4.97. The molecule has 1 saturated carbocycles. The maximum atomic E-state index is 13.4. The highest BCUT2D eigenvalue weighted by atomic mass is 19.4. The molecular weight excluding hydrogens is 487 g/mol. The minimum atomic E-state index is -4.74. The van der Waals surface area contributed by atoms with Crippen LogP contribution < -0.4 is 15.4 Å². The van der Waals surface area contributed by atoms with Crippen molar-refractivity contribution in [3.05, 3.63) is 24.3 Å². The SMILES string of the molecule is CC(C)C(CNc1ccc(OC(F)(F)F)cc1)NC(=O)C(CCC1CCCC1)CC(=O)N1CCOCC1. The van der Waals surface area contributed by atoms with Crippen LogP contribution in [0.1, 0.15) is 58.8 Å². The standard InChI is InChI=1S/C27H40F3N3O4/c1-19(2)24(18-31-22-9-11-23(12-10-22)37-27(28,29)30)32-26(35)21(8-7-20-5-3-4-6-20)17-25(34)33-13-15-36-16-14-33/h9-12,19-21,24,31H,3-8,13-18H2,1-2H3,(H,32,35). The number of carbonyl (C=O) groups excluding carboxylic acids is 2. The van der Waals surface area contributed by atoms with Crippen LogP contribution in [-0.4, -0.2) is 62.0 Å². The van der Waals surface area contributed by atoms with Crippen LogP contribution >= 0.6 is 0 Å². The van der Waals surface area contributed by atoms with Crippen molar-refractivity contribution in [3.63, 3.8) is 0 Å². The number of nitrogens with one attached hydrogen (secondary N) is 2. The molecule has 1 saturated heterocycles. The van der Waals surface area contributed by atoms with Crippen LogP contribution in [0.4, 0.5) is 18.9 Å². The van der Waals surface area contributed by atoms with E-state index in [9.17, 15) is 22.8 Å². The van der Waals surface area contributed by atoms with Crippen molar-refractivity contribution in [1.29, 1.82) is 0 Å². The fraction of sp³-hybridized carbons (Fsp3) is 0.704. The van der Waals surface area contributed by atoms with Gasteiger partial charge in [-0.05, 0) is 48.9 Å². The van der Waals surface area contributed by atoms with Crippen molar-refractivity contribution >= 4 is 17.5 Å². The predicted molar refractivity (Wildman–Crippen MR) is 135 cm³/mol. The molecule has 0 radical (unpaired) electrons. The van der Waals surface area contributed by atoms with E-state index in [1.807, 2.05) is 13.8 Å². The number of ether oxygens (including phenoxy) is 2. The molecule has 1 aromatic rings. The summed E-state index contributed by atoms with van der Waals surface area (Å²) in [6.07, 6.45) is 1.94. The topological polar surface area (TPSA) is 79.9 Å². The summed E-state index contributed by atoms with van der Waals surface area (Å²) in [5.41, 5.74) is 0.620. The Hall–Kier alpha value is -2.49. The number of hydrogen-bond donors (Lipinski definition) is 2. The minimum absolute atomic E-state index is 0.00439. The number of benzene rings is 1. The first kappa shape index (κ1) is 29.1. The monoisotopic (exact) mass is 527 g/mol. The number of nitrogens with zero attached hydrogens (tertiary/aromatic N) is 1. The Morgan fingerprint density at radius 1 is 1.11 bits per heavy atom. The number of amides is 2. The Kier molecular flexibility index (Phi) is 10.9. The quantitative estimate of drug-likeness (QED) is 0.401. The van der Waals surface area contributed by atoms with Gasteiger partial charge in [-0.2, -0.15) is 0 Å². The van der Waals surface area contributed by atoms with Crippen LogP contribution in [0.5, 0.6) is 5.75 Å². The summed E-state index contributed by atoms with van der Waals surface area (Å²) in [4.78, 5) is 28.1. The second-order valence-corrected chi connectivity index (χ2v) is 10.4. The second-order valence-electron chi connectivity index (χ2n) is 10.4. The zero-order chi connectivity index (χ0) is 26.8. The van der Waals surface area contributed by atoms with Gasteiger partial charge in [0.05, 0.1) is 13.2 Å². The van der Waals surface area contributed by atoms with E-state index in [2.05, 4.69) is 15.4 Å². The van der Waals surface area contributed by atoms with Gasteiger partial charge in [0, 0.05) is 43.7 Å². The summed E-state index contributed by atoms with van der Waals surface area (Å²) in [6.45, 7) is 6.56. The van der Waals surface area contributed by atoms with Crippen LogP contribution in [0.15, 0.2) is 24.3 Å². The molecule has 0 bridgehead atoms. The van der Waals surface area contributed by atoms with Crippen molar-refractivity contribution < 1.29 is 32.2 Å². The third kappa shape index (κ3) is 10.1. The molecule has 1 heterocycles. The Balaban J connectivity index is 1.58. The van der Waals surface area contributed by atoms with E-state index in [4.69, 9.17) is 4.74 Å². The molecule has 7 nitrogen and oxygen atoms in total. The third-order valence-corrected chi connectivity index (χ3v) is 7.30. The third-order valence-electron chi connectivity index (χ3n) is 7.30. The van der Waals surface area contributed by atoms with E-state index in [1.54, 1.807) is 4.90 Å². The number of alkyl halides is 3. The summed E-state index contributed by atoms with van der Waals surface area (Å²) in [5.74, 6) is -0.0718. The number of carbonyl (C=O) groups is 2. The van der Waals surface area contributed by atoms with Crippen LogP contribution in [0.3, 0.4) is 0 Å². The van der Waals surface area contributed by atoms with Crippen LogP contribution in [-0.2, 0) is 14.3 Å². The highest BCUT2D eigenvalue weighted by molar-refractivity contribution is 5.86. The van der Waals surface area contributed by atoms with Crippen molar-refractivity contribution in [1.82, 2.24) is 10.2 Å². The molecule has 0 aromatic heterocycles. The van der Waals surface area contributed by atoms with E-state index in [1.165, 1.54) is 49.9 Å². The van der Waals surface area contributed by atoms with Gasteiger partial charge < -0.3 is 25.0 Å². The van der Waals surface area contributed by atoms with Crippen LogP contribution in [0, 0.1) is 17.8 Å². The fourth-order valence-electron chi connectivity index (χ4n) is 4.97. The van der Waals surface area contributed by atoms with Gasteiger partial charge in [-0.1, -0.05) is 39.5 Å². The smallest absolute Gasteiger partial charge is 0.406 e. The number of halogens is 3. The van der Waals surface area contributed by atoms with Crippen molar-refractivity contribution in [3.8, 4) is 5.75 Å². The molecule has 2 N–H and O–H groups in total. The molecule has 1 aromatic carbocycles. The van der Waals surface area contributed by atoms with Gasteiger partial charge in [0.25, 0.3) is 0 Å². The summed E-state index contributed by atoms with van der Waals surface area (Å²) < 4.78 is 46.4.